The number of rotatable bonds is 7. The van der Waals surface area contributed by atoms with Gasteiger partial charge in [-0.2, -0.15) is 4.31 Å². The molecule has 3 aromatic rings. The fourth-order valence-electron chi connectivity index (χ4n) is 3.68. The summed E-state index contributed by atoms with van der Waals surface area (Å²) in [6, 6.07) is 16.1. The van der Waals surface area contributed by atoms with Gasteiger partial charge in [-0.1, -0.05) is 41.9 Å². The van der Waals surface area contributed by atoms with Gasteiger partial charge in [-0.05, 0) is 35.7 Å². The summed E-state index contributed by atoms with van der Waals surface area (Å²) in [7, 11) is -3.87. The van der Waals surface area contributed by atoms with Crippen molar-refractivity contribution in [3.63, 3.8) is 0 Å². The van der Waals surface area contributed by atoms with E-state index in [1.807, 2.05) is 18.2 Å². The number of amides is 2. The Kier molecular flexibility index (Phi) is 6.85. The van der Waals surface area contributed by atoms with E-state index in [0.717, 1.165) is 10.1 Å². The van der Waals surface area contributed by atoms with Crippen LogP contribution in [-0.4, -0.2) is 55.6 Å². The Balaban J connectivity index is 1.44. The number of nitrogens with one attached hydrogen (secondary N) is 1. The molecule has 7 nitrogen and oxygen atoms in total. The van der Waals surface area contributed by atoms with Crippen LogP contribution in [0.3, 0.4) is 0 Å². The smallest absolute Gasteiger partial charge is 0.243 e. The first kappa shape index (κ1) is 23.4. The number of carbonyl (C=O) groups is 2. The molecule has 0 radical (unpaired) electrons. The van der Waals surface area contributed by atoms with Crippen molar-refractivity contribution in [2.45, 2.75) is 5.25 Å². The van der Waals surface area contributed by atoms with Crippen LogP contribution in [0.1, 0.15) is 10.1 Å². The zero-order valence-electron chi connectivity index (χ0n) is 17.6. The number of nitrogens with zero attached hydrogens (tertiary/aromatic N) is 2. The lowest BCUT2D eigenvalue weighted by atomic mass is 10.2. The Labute approximate surface area is 201 Å². The van der Waals surface area contributed by atoms with Gasteiger partial charge in [0.1, 0.15) is 5.25 Å². The highest BCUT2D eigenvalue weighted by Crippen LogP contribution is 2.37. The van der Waals surface area contributed by atoms with Crippen LogP contribution in [-0.2, 0) is 19.6 Å². The quantitative estimate of drug-likeness (QED) is 0.495. The number of para-hydroxylation sites is 1. The van der Waals surface area contributed by atoms with Crippen molar-refractivity contribution in [3.8, 4) is 0 Å². The van der Waals surface area contributed by atoms with Crippen molar-refractivity contribution < 1.29 is 18.0 Å². The van der Waals surface area contributed by atoms with Gasteiger partial charge in [-0.25, -0.2) is 8.42 Å². The molecule has 1 aliphatic heterocycles. The van der Waals surface area contributed by atoms with E-state index >= 15 is 0 Å². The molecule has 1 aliphatic rings. The molecule has 1 saturated heterocycles. The number of piperazine rings is 1. The fraction of sp³-hybridized carbons (Fsp3) is 0.217. The van der Waals surface area contributed by atoms with Gasteiger partial charge in [0.05, 0.1) is 13.1 Å². The van der Waals surface area contributed by atoms with Gasteiger partial charge in [0.25, 0.3) is 0 Å². The first-order valence-corrected chi connectivity index (χ1v) is 12.9. The highest BCUT2D eigenvalue weighted by Gasteiger charge is 2.37. The van der Waals surface area contributed by atoms with Crippen LogP contribution in [0.15, 0.2) is 67.3 Å². The van der Waals surface area contributed by atoms with Crippen LogP contribution in [0.5, 0.6) is 0 Å². The van der Waals surface area contributed by atoms with Gasteiger partial charge in [-0.15, -0.1) is 17.9 Å². The van der Waals surface area contributed by atoms with Crippen molar-refractivity contribution in [2.24, 2.45) is 0 Å². The number of fused-ring (bicyclic) bond motifs is 1. The number of sulfonamides is 1. The predicted molar refractivity (Wildman–Crippen MR) is 132 cm³/mol. The molecule has 2 aromatic carbocycles. The van der Waals surface area contributed by atoms with Crippen LogP contribution >= 0.6 is 22.9 Å². The van der Waals surface area contributed by atoms with Crippen LogP contribution < -0.4 is 5.32 Å². The molecule has 1 unspecified atom stereocenters. The van der Waals surface area contributed by atoms with Crippen molar-refractivity contribution in [2.75, 3.05) is 31.5 Å². The lowest BCUT2D eigenvalue weighted by Crippen LogP contribution is -2.54. The SMILES string of the molecule is C=CC(c1cc2ccc(Cl)cc2s1)S(=O)(=O)N1CCN(CC(=O)Nc2ccccc2)C(=O)C1. The number of hydrogen-bond donors (Lipinski definition) is 1. The van der Waals surface area contributed by atoms with Gasteiger partial charge in [0.2, 0.25) is 21.8 Å². The minimum atomic E-state index is -3.87. The summed E-state index contributed by atoms with van der Waals surface area (Å²) in [5, 5.41) is 3.22. The molecular weight excluding hydrogens is 482 g/mol. The number of halogens is 1. The zero-order chi connectivity index (χ0) is 23.6. The Hall–Kier alpha value is -2.72. The Morgan fingerprint density at radius 2 is 1.94 bits per heavy atom. The maximum Gasteiger partial charge on any atom is 0.243 e. The summed E-state index contributed by atoms with van der Waals surface area (Å²) in [6.07, 6.45) is 1.38. The van der Waals surface area contributed by atoms with Crippen LogP contribution in [0, 0.1) is 0 Å². The lowest BCUT2D eigenvalue weighted by Gasteiger charge is -2.34. The molecular formula is C23H22ClN3O4S2. The Bertz CT molecular complexity index is 1310. The number of carbonyl (C=O) groups excluding carboxylic acids is 2. The summed E-state index contributed by atoms with van der Waals surface area (Å²) < 4.78 is 28.8. The first-order valence-electron chi connectivity index (χ1n) is 10.2. The first-order chi connectivity index (χ1) is 15.8. The summed E-state index contributed by atoms with van der Waals surface area (Å²) >= 11 is 7.39. The standard InChI is InChI=1S/C23H22ClN3O4S2/c1-2-21(20-12-16-8-9-17(24)13-19(16)32-20)33(30,31)27-11-10-26(23(29)15-27)14-22(28)25-18-6-4-3-5-7-18/h2-9,12-13,21H,1,10-11,14-15H2,(H,25,28). The summed E-state index contributed by atoms with van der Waals surface area (Å²) in [5.41, 5.74) is 0.634. The molecule has 4 rings (SSSR count). The average Bonchev–Trinajstić information content (AvgIpc) is 3.18. The maximum absolute atomic E-state index is 13.4. The normalized spacial score (nSPS) is 16.0. The molecule has 10 heteroatoms. The van der Waals surface area contributed by atoms with Crippen molar-refractivity contribution in [1.29, 1.82) is 0 Å². The molecule has 2 amide bonds. The second-order valence-electron chi connectivity index (χ2n) is 7.60. The highest BCUT2D eigenvalue weighted by molar-refractivity contribution is 7.89. The molecule has 0 aliphatic carbocycles. The molecule has 0 spiro atoms. The molecule has 2 heterocycles. The molecule has 1 aromatic heterocycles. The van der Waals surface area contributed by atoms with Crippen LogP contribution in [0.25, 0.3) is 10.1 Å². The largest absolute Gasteiger partial charge is 0.331 e. The monoisotopic (exact) mass is 503 g/mol. The molecule has 33 heavy (non-hydrogen) atoms. The second-order valence-corrected chi connectivity index (χ2v) is 11.2. The average molecular weight is 504 g/mol. The number of thiophene rings is 1. The Morgan fingerprint density at radius 1 is 1.18 bits per heavy atom. The molecule has 1 fully saturated rings. The molecule has 1 N–H and O–H groups in total. The van der Waals surface area contributed by atoms with E-state index in [1.54, 1.807) is 36.4 Å². The van der Waals surface area contributed by atoms with E-state index < -0.39 is 21.2 Å². The van der Waals surface area contributed by atoms with Crippen molar-refractivity contribution in [1.82, 2.24) is 9.21 Å². The highest BCUT2D eigenvalue weighted by atomic mass is 35.5. The third-order valence-corrected chi connectivity index (χ3v) is 9.04. The third kappa shape index (κ3) is 5.11. The van der Waals surface area contributed by atoms with Gasteiger partial charge in [-0.3, -0.25) is 9.59 Å². The van der Waals surface area contributed by atoms with Gasteiger partial charge in [0.15, 0.2) is 0 Å². The fourth-order valence-corrected chi connectivity index (χ4v) is 7.06. The third-order valence-electron chi connectivity index (χ3n) is 5.35. The van der Waals surface area contributed by atoms with E-state index in [2.05, 4.69) is 11.9 Å². The van der Waals surface area contributed by atoms with E-state index in [0.29, 0.717) is 15.6 Å². The number of benzene rings is 2. The summed E-state index contributed by atoms with van der Waals surface area (Å²) in [5.74, 6) is -0.752. The van der Waals surface area contributed by atoms with Gasteiger partial charge in [0, 0.05) is 33.4 Å². The Morgan fingerprint density at radius 3 is 2.64 bits per heavy atom. The van der Waals surface area contributed by atoms with E-state index in [-0.39, 0.29) is 32.1 Å². The predicted octanol–water partition coefficient (Wildman–Crippen LogP) is 3.89. The molecule has 1 atom stereocenters. The van der Waals surface area contributed by atoms with E-state index in [9.17, 15) is 18.0 Å². The van der Waals surface area contributed by atoms with Gasteiger partial charge < -0.3 is 10.2 Å². The topological polar surface area (TPSA) is 86.8 Å². The molecule has 0 bridgehead atoms. The van der Waals surface area contributed by atoms with Crippen LogP contribution in [0.2, 0.25) is 5.02 Å². The summed E-state index contributed by atoms with van der Waals surface area (Å²) in [6.45, 7) is 3.51. The second kappa shape index (κ2) is 9.64. The minimum absolute atomic E-state index is 0.105. The van der Waals surface area contributed by atoms with Crippen molar-refractivity contribution >= 4 is 60.5 Å². The zero-order valence-corrected chi connectivity index (χ0v) is 20.0. The van der Waals surface area contributed by atoms with Crippen molar-refractivity contribution in [3.05, 3.63) is 77.2 Å². The molecule has 0 saturated carbocycles. The maximum atomic E-state index is 13.4. The van der Waals surface area contributed by atoms with E-state index in [1.165, 1.54) is 26.6 Å². The molecule has 172 valence electrons. The minimum Gasteiger partial charge on any atom is -0.331 e. The summed E-state index contributed by atoms with van der Waals surface area (Å²) in [4.78, 5) is 26.9. The van der Waals surface area contributed by atoms with Gasteiger partial charge >= 0.3 is 0 Å². The number of hydrogen-bond acceptors (Lipinski definition) is 5. The van der Waals surface area contributed by atoms with E-state index in [4.69, 9.17) is 11.6 Å². The van der Waals surface area contributed by atoms with Crippen LogP contribution in [0.4, 0.5) is 5.69 Å². The lowest BCUT2D eigenvalue weighted by molar-refractivity contribution is -0.137. The number of anilines is 1.